The van der Waals surface area contributed by atoms with Gasteiger partial charge in [-0.2, -0.15) is 0 Å². The molecule has 1 N–H and O–H groups in total. The molecule has 0 atom stereocenters. The van der Waals surface area contributed by atoms with Crippen LogP contribution >= 0.6 is 0 Å². The fourth-order valence-corrected chi connectivity index (χ4v) is 1.35. The number of likely N-dealkylation sites (N-methyl/N-ethyl adjacent to an activating group) is 1. The third-order valence-electron chi connectivity index (χ3n) is 2.26. The Bertz CT molecular complexity index is 521. The van der Waals surface area contributed by atoms with E-state index in [1.807, 2.05) is 0 Å². The van der Waals surface area contributed by atoms with Crippen molar-refractivity contribution in [2.45, 2.75) is 6.54 Å². The first-order valence-corrected chi connectivity index (χ1v) is 5.05. The van der Waals surface area contributed by atoms with E-state index in [2.05, 4.69) is 15.6 Å². The Hall–Kier alpha value is -2.24. The predicted octanol–water partition coefficient (Wildman–Crippen LogP) is 0.830. The van der Waals surface area contributed by atoms with E-state index in [1.165, 1.54) is 16.8 Å². The molecule has 0 saturated heterocycles. The molecule has 0 bridgehead atoms. The van der Waals surface area contributed by atoms with Crippen LogP contribution < -0.4 is 5.32 Å². The van der Waals surface area contributed by atoms with Crippen molar-refractivity contribution in [3.63, 3.8) is 0 Å². The highest BCUT2D eigenvalue weighted by Crippen LogP contribution is 2.15. The fraction of sp³-hybridized carbons (Fsp3) is 0.182. The van der Waals surface area contributed by atoms with E-state index in [0.717, 1.165) is 5.56 Å². The smallest absolute Gasteiger partial charge is 0.241 e. The van der Waals surface area contributed by atoms with E-state index in [9.17, 15) is 9.18 Å². The summed E-state index contributed by atoms with van der Waals surface area (Å²) in [7, 11) is 1.56. The number of nitrogens with one attached hydrogen (secondary N) is 1. The summed E-state index contributed by atoms with van der Waals surface area (Å²) in [6.45, 7) is 0.116. The fourth-order valence-electron chi connectivity index (χ4n) is 1.35. The number of benzene rings is 1. The third-order valence-corrected chi connectivity index (χ3v) is 2.26. The number of amides is 1. The van der Waals surface area contributed by atoms with Crippen molar-refractivity contribution in [1.82, 2.24) is 20.3 Å². The minimum atomic E-state index is -0.300. The first kappa shape index (κ1) is 11.3. The second-order valence-corrected chi connectivity index (χ2v) is 3.48. The van der Waals surface area contributed by atoms with E-state index in [-0.39, 0.29) is 18.3 Å². The first-order valence-electron chi connectivity index (χ1n) is 5.05. The Kier molecular flexibility index (Phi) is 3.13. The summed E-state index contributed by atoms with van der Waals surface area (Å²) >= 11 is 0. The van der Waals surface area contributed by atoms with Crippen LogP contribution in [0.5, 0.6) is 0 Å². The zero-order valence-electron chi connectivity index (χ0n) is 9.22. The van der Waals surface area contributed by atoms with Crippen molar-refractivity contribution < 1.29 is 9.18 Å². The molecule has 0 unspecified atom stereocenters. The van der Waals surface area contributed by atoms with E-state index < -0.39 is 0 Å². The number of hydrogen-bond acceptors (Lipinski definition) is 3. The number of rotatable bonds is 3. The van der Waals surface area contributed by atoms with Crippen molar-refractivity contribution in [2.24, 2.45) is 0 Å². The van der Waals surface area contributed by atoms with Gasteiger partial charge in [-0.3, -0.25) is 4.79 Å². The lowest BCUT2D eigenvalue weighted by Gasteiger charge is -1.97. The van der Waals surface area contributed by atoms with E-state index >= 15 is 0 Å². The number of carbonyl (C=O) groups excluding carboxylic acids is 1. The minimum Gasteiger partial charge on any atom is -0.358 e. The molecule has 0 aliphatic carbocycles. The predicted molar refractivity (Wildman–Crippen MR) is 59.5 cm³/mol. The summed E-state index contributed by atoms with van der Waals surface area (Å²) in [5, 5.41) is 10.2. The highest BCUT2D eigenvalue weighted by molar-refractivity contribution is 5.75. The SMILES string of the molecule is CNC(=O)Cn1cc(-c2ccc(F)cc2)nn1. The number of halogens is 1. The molecule has 17 heavy (non-hydrogen) atoms. The van der Waals surface area contributed by atoms with Crippen LogP contribution in [0.4, 0.5) is 4.39 Å². The summed E-state index contributed by atoms with van der Waals surface area (Å²) in [6, 6.07) is 5.94. The van der Waals surface area contributed by atoms with Gasteiger partial charge in [0.05, 0.1) is 6.20 Å². The number of carbonyl (C=O) groups is 1. The van der Waals surface area contributed by atoms with Crippen molar-refractivity contribution in [3.8, 4) is 11.3 Å². The largest absolute Gasteiger partial charge is 0.358 e. The lowest BCUT2D eigenvalue weighted by Crippen LogP contribution is -2.23. The van der Waals surface area contributed by atoms with Crippen molar-refractivity contribution in [1.29, 1.82) is 0 Å². The third kappa shape index (κ3) is 2.66. The summed E-state index contributed by atoms with van der Waals surface area (Å²) in [5.74, 6) is -0.452. The molecule has 0 fully saturated rings. The lowest BCUT2D eigenvalue weighted by molar-refractivity contribution is -0.121. The van der Waals surface area contributed by atoms with Gasteiger partial charge in [0.15, 0.2) is 0 Å². The standard InChI is InChI=1S/C11H11FN4O/c1-13-11(17)7-16-6-10(14-15-16)8-2-4-9(12)5-3-8/h2-6H,7H2,1H3,(H,13,17). The van der Waals surface area contributed by atoms with Crippen molar-refractivity contribution in [2.75, 3.05) is 7.05 Å². The monoisotopic (exact) mass is 234 g/mol. The average molecular weight is 234 g/mol. The van der Waals surface area contributed by atoms with Crippen LogP contribution in [-0.4, -0.2) is 27.9 Å². The molecule has 1 aromatic heterocycles. The molecule has 2 rings (SSSR count). The maximum atomic E-state index is 12.7. The number of hydrogen-bond donors (Lipinski definition) is 1. The molecular weight excluding hydrogens is 223 g/mol. The van der Waals surface area contributed by atoms with Crippen LogP contribution in [0.25, 0.3) is 11.3 Å². The van der Waals surface area contributed by atoms with Gasteiger partial charge < -0.3 is 5.32 Å². The molecule has 1 heterocycles. The van der Waals surface area contributed by atoms with Crippen LogP contribution in [0.15, 0.2) is 30.5 Å². The van der Waals surface area contributed by atoms with Crippen LogP contribution in [0.1, 0.15) is 0 Å². The molecule has 88 valence electrons. The first-order chi connectivity index (χ1) is 8.19. The van der Waals surface area contributed by atoms with Gasteiger partial charge in [0.2, 0.25) is 5.91 Å². The summed E-state index contributed by atoms with van der Waals surface area (Å²) in [6.07, 6.45) is 1.64. The number of aromatic nitrogens is 3. The molecule has 0 radical (unpaired) electrons. The maximum Gasteiger partial charge on any atom is 0.241 e. The normalized spacial score (nSPS) is 10.2. The summed E-state index contributed by atoms with van der Waals surface area (Å²) in [4.78, 5) is 11.1. The summed E-state index contributed by atoms with van der Waals surface area (Å²) < 4.78 is 14.2. The topological polar surface area (TPSA) is 59.8 Å². The van der Waals surface area contributed by atoms with Gasteiger partial charge in [-0.05, 0) is 24.3 Å². The summed E-state index contributed by atoms with van der Waals surface area (Å²) in [5.41, 5.74) is 1.36. The molecule has 1 aromatic carbocycles. The molecule has 5 nitrogen and oxygen atoms in total. The Labute approximate surface area is 97.3 Å². The van der Waals surface area contributed by atoms with Gasteiger partial charge in [0, 0.05) is 12.6 Å². The molecule has 1 amide bonds. The highest BCUT2D eigenvalue weighted by atomic mass is 19.1. The van der Waals surface area contributed by atoms with Gasteiger partial charge in [-0.25, -0.2) is 9.07 Å². The Balaban J connectivity index is 2.18. The van der Waals surface area contributed by atoms with Gasteiger partial charge in [0.1, 0.15) is 18.1 Å². The average Bonchev–Trinajstić information content (AvgIpc) is 2.78. The zero-order chi connectivity index (χ0) is 12.3. The highest BCUT2D eigenvalue weighted by Gasteiger charge is 2.06. The van der Waals surface area contributed by atoms with E-state index in [0.29, 0.717) is 5.69 Å². The van der Waals surface area contributed by atoms with Crippen LogP contribution in [0.2, 0.25) is 0 Å². The van der Waals surface area contributed by atoms with Gasteiger partial charge in [0.25, 0.3) is 0 Å². The maximum absolute atomic E-state index is 12.7. The molecule has 0 aliphatic heterocycles. The molecule has 0 spiro atoms. The quantitative estimate of drug-likeness (QED) is 0.855. The molecular formula is C11H11FN4O. The molecule has 0 aliphatic rings. The van der Waals surface area contributed by atoms with Gasteiger partial charge in [-0.1, -0.05) is 5.21 Å². The lowest BCUT2D eigenvalue weighted by atomic mass is 10.2. The Morgan fingerprint density at radius 2 is 2.12 bits per heavy atom. The van der Waals surface area contributed by atoms with Gasteiger partial charge in [-0.15, -0.1) is 5.10 Å². The number of nitrogens with zero attached hydrogens (tertiary/aromatic N) is 3. The van der Waals surface area contributed by atoms with E-state index in [4.69, 9.17) is 0 Å². The van der Waals surface area contributed by atoms with Gasteiger partial charge >= 0.3 is 0 Å². The second kappa shape index (κ2) is 4.73. The van der Waals surface area contributed by atoms with Crippen LogP contribution in [0.3, 0.4) is 0 Å². The Morgan fingerprint density at radius 1 is 1.41 bits per heavy atom. The van der Waals surface area contributed by atoms with E-state index in [1.54, 1.807) is 25.4 Å². The van der Waals surface area contributed by atoms with Crippen molar-refractivity contribution in [3.05, 3.63) is 36.3 Å². The molecule has 0 saturated carbocycles. The zero-order valence-corrected chi connectivity index (χ0v) is 9.22. The van der Waals surface area contributed by atoms with Crippen molar-refractivity contribution >= 4 is 5.91 Å². The molecule has 6 heteroatoms. The second-order valence-electron chi connectivity index (χ2n) is 3.48. The van der Waals surface area contributed by atoms with Crippen LogP contribution in [0, 0.1) is 5.82 Å². The molecule has 2 aromatic rings. The Morgan fingerprint density at radius 3 is 2.76 bits per heavy atom. The minimum absolute atomic E-state index is 0.116. The van der Waals surface area contributed by atoms with Crippen LogP contribution in [-0.2, 0) is 11.3 Å².